The van der Waals surface area contributed by atoms with E-state index in [0.717, 1.165) is 16.5 Å². The summed E-state index contributed by atoms with van der Waals surface area (Å²) in [5, 5.41) is 3.53. The Labute approximate surface area is 126 Å². The van der Waals surface area contributed by atoms with Crippen molar-refractivity contribution < 1.29 is 9.59 Å². The molecule has 1 aromatic carbocycles. The molecule has 1 atom stereocenters. The molecular formula is C15H17N3O2S. The zero-order valence-electron chi connectivity index (χ0n) is 11.8. The first kappa shape index (κ1) is 13.9. The van der Waals surface area contributed by atoms with E-state index in [0.29, 0.717) is 23.5 Å². The van der Waals surface area contributed by atoms with Crippen LogP contribution in [0.1, 0.15) is 22.5 Å². The molecule has 0 spiro atoms. The van der Waals surface area contributed by atoms with Crippen molar-refractivity contribution in [2.45, 2.75) is 18.9 Å². The molecule has 2 heterocycles. The third-order valence-electron chi connectivity index (χ3n) is 3.89. The molecule has 1 unspecified atom stereocenters. The summed E-state index contributed by atoms with van der Waals surface area (Å²) in [5.41, 5.74) is 6.64. The largest absolute Gasteiger partial charge is 0.397 e. The van der Waals surface area contributed by atoms with Gasteiger partial charge in [0.25, 0.3) is 5.91 Å². The monoisotopic (exact) mass is 303 g/mol. The van der Waals surface area contributed by atoms with Crippen molar-refractivity contribution in [3.8, 4) is 0 Å². The SMILES string of the molecule is CNC(=O)C1CCCN1C(=O)c1sc2ccccc2c1N. The van der Waals surface area contributed by atoms with Gasteiger partial charge in [-0.05, 0) is 18.9 Å². The summed E-state index contributed by atoms with van der Waals surface area (Å²) in [5.74, 6) is -0.250. The molecule has 1 saturated heterocycles. The number of likely N-dealkylation sites (tertiary alicyclic amines) is 1. The van der Waals surface area contributed by atoms with Gasteiger partial charge in [0.2, 0.25) is 5.91 Å². The number of hydrogen-bond donors (Lipinski definition) is 2. The van der Waals surface area contributed by atoms with Crippen molar-refractivity contribution in [2.75, 3.05) is 19.3 Å². The number of rotatable bonds is 2. The van der Waals surface area contributed by atoms with E-state index < -0.39 is 0 Å². The van der Waals surface area contributed by atoms with E-state index in [4.69, 9.17) is 5.73 Å². The van der Waals surface area contributed by atoms with Crippen LogP contribution in [0.5, 0.6) is 0 Å². The molecular weight excluding hydrogens is 286 g/mol. The van der Waals surface area contributed by atoms with E-state index in [2.05, 4.69) is 5.32 Å². The molecule has 0 saturated carbocycles. The van der Waals surface area contributed by atoms with Gasteiger partial charge in [0.05, 0.1) is 5.69 Å². The van der Waals surface area contributed by atoms with E-state index in [1.54, 1.807) is 11.9 Å². The first-order chi connectivity index (χ1) is 10.1. The highest BCUT2D eigenvalue weighted by Gasteiger charge is 2.35. The minimum absolute atomic E-state index is 0.111. The van der Waals surface area contributed by atoms with Crippen LogP contribution in [0.2, 0.25) is 0 Å². The van der Waals surface area contributed by atoms with E-state index >= 15 is 0 Å². The Bertz CT molecular complexity index is 710. The lowest BCUT2D eigenvalue weighted by molar-refractivity contribution is -0.124. The summed E-state index contributed by atoms with van der Waals surface area (Å²) in [6, 6.07) is 7.32. The standard InChI is InChI=1S/C15H17N3O2S/c1-17-14(19)10-6-4-8-18(10)15(20)13-12(16)9-5-2-3-7-11(9)21-13/h2-3,5,7,10H,4,6,8,16H2,1H3,(H,17,19). The van der Waals surface area contributed by atoms with Crippen molar-refractivity contribution in [2.24, 2.45) is 0 Å². The Morgan fingerprint density at radius 3 is 2.86 bits per heavy atom. The average Bonchev–Trinajstić information content (AvgIpc) is 3.11. The molecule has 2 aromatic rings. The molecule has 1 aliphatic heterocycles. The van der Waals surface area contributed by atoms with Crippen LogP contribution in [-0.4, -0.2) is 36.3 Å². The van der Waals surface area contributed by atoms with Crippen LogP contribution in [0, 0.1) is 0 Å². The highest BCUT2D eigenvalue weighted by Crippen LogP contribution is 2.35. The first-order valence-corrected chi connectivity index (χ1v) is 7.74. The first-order valence-electron chi connectivity index (χ1n) is 6.93. The lowest BCUT2D eigenvalue weighted by Gasteiger charge is -2.22. The van der Waals surface area contributed by atoms with Gasteiger partial charge in [0.15, 0.2) is 0 Å². The van der Waals surface area contributed by atoms with Gasteiger partial charge in [0, 0.05) is 23.7 Å². The molecule has 3 N–H and O–H groups in total. The van der Waals surface area contributed by atoms with E-state index in [1.807, 2.05) is 24.3 Å². The normalized spacial score (nSPS) is 18.1. The lowest BCUT2D eigenvalue weighted by atomic mass is 10.2. The minimum atomic E-state index is -0.382. The number of carbonyl (C=O) groups excluding carboxylic acids is 2. The molecule has 0 radical (unpaired) electrons. The van der Waals surface area contributed by atoms with Gasteiger partial charge in [-0.2, -0.15) is 0 Å². The quantitative estimate of drug-likeness (QED) is 0.889. The van der Waals surface area contributed by atoms with Gasteiger partial charge in [-0.15, -0.1) is 11.3 Å². The Morgan fingerprint density at radius 1 is 1.38 bits per heavy atom. The summed E-state index contributed by atoms with van der Waals surface area (Å²) < 4.78 is 0.994. The van der Waals surface area contributed by atoms with Crippen molar-refractivity contribution in [3.05, 3.63) is 29.1 Å². The number of carbonyl (C=O) groups is 2. The number of nitrogens with zero attached hydrogens (tertiary/aromatic N) is 1. The third-order valence-corrected chi connectivity index (χ3v) is 5.07. The smallest absolute Gasteiger partial charge is 0.266 e. The number of fused-ring (bicyclic) bond motifs is 1. The Balaban J connectivity index is 1.96. The molecule has 1 aromatic heterocycles. The van der Waals surface area contributed by atoms with Crippen LogP contribution in [0.25, 0.3) is 10.1 Å². The van der Waals surface area contributed by atoms with Gasteiger partial charge in [-0.1, -0.05) is 18.2 Å². The molecule has 6 heteroatoms. The summed E-state index contributed by atoms with van der Waals surface area (Å²) >= 11 is 1.39. The van der Waals surface area contributed by atoms with Gasteiger partial charge < -0.3 is 16.0 Å². The highest BCUT2D eigenvalue weighted by molar-refractivity contribution is 7.21. The second-order valence-corrected chi connectivity index (χ2v) is 6.16. The van der Waals surface area contributed by atoms with Gasteiger partial charge >= 0.3 is 0 Å². The molecule has 5 nitrogen and oxygen atoms in total. The van der Waals surface area contributed by atoms with Crippen LogP contribution >= 0.6 is 11.3 Å². The summed E-state index contributed by atoms with van der Waals surface area (Å²) in [4.78, 5) is 26.8. The fraction of sp³-hybridized carbons (Fsp3) is 0.333. The Morgan fingerprint density at radius 2 is 2.14 bits per heavy atom. The summed E-state index contributed by atoms with van der Waals surface area (Å²) in [6.45, 7) is 0.602. The second kappa shape index (κ2) is 5.37. The van der Waals surface area contributed by atoms with Crippen LogP contribution < -0.4 is 11.1 Å². The molecule has 2 amide bonds. The zero-order chi connectivity index (χ0) is 15.0. The molecule has 110 valence electrons. The van der Waals surface area contributed by atoms with E-state index in [9.17, 15) is 9.59 Å². The summed E-state index contributed by atoms with van der Waals surface area (Å²) in [7, 11) is 1.59. The van der Waals surface area contributed by atoms with Crippen LogP contribution in [0.3, 0.4) is 0 Å². The molecule has 0 aliphatic carbocycles. The van der Waals surface area contributed by atoms with Crippen molar-refractivity contribution >= 4 is 38.9 Å². The highest BCUT2D eigenvalue weighted by atomic mass is 32.1. The number of thiophene rings is 1. The predicted octanol–water partition coefficient (Wildman–Crippen LogP) is 1.83. The number of hydrogen-bond acceptors (Lipinski definition) is 4. The predicted molar refractivity (Wildman–Crippen MR) is 84.4 cm³/mol. The fourth-order valence-corrected chi connectivity index (χ4v) is 3.88. The van der Waals surface area contributed by atoms with Crippen LogP contribution in [-0.2, 0) is 4.79 Å². The number of nitrogens with two attached hydrogens (primary N) is 1. The van der Waals surface area contributed by atoms with Gasteiger partial charge in [-0.25, -0.2) is 0 Å². The number of likely N-dealkylation sites (N-methyl/N-ethyl adjacent to an activating group) is 1. The molecule has 1 aliphatic rings. The van der Waals surface area contributed by atoms with E-state index in [1.165, 1.54) is 11.3 Å². The third kappa shape index (κ3) is 2.25. The minimum Gasteiger partial charge on any atom is -0.397 e. The zero-order valence-corrected chi connectivity index (χ0v) is 12.6. The number of nitrogen functional groups attached to an aromatic ring is 1. The number of benzene rings is 1. The van der Waals surface area contributed by atoms with Crippen molar-refractivity contribution in [1.82, 2.24) is 10.2 Å². The fourth-order valence-electron chi connectivity index (χ4n) is 2.80. The number of anilines is 1. The van der Waals surface area contributed by atoms with Crippen LogP contribution in [0.15, 0.2) is 24.3 Å². The van der Waals surface area contributed by atoms with Crippen molar-refractivity contribution in [3.63, 3.8) is 0 Å². The maximum absolute atomic E-state index is 12.7. The number of nitrogens with one attached hydrogen (secondary N) is 1. The van der Waals surface area contributed by atoms with Gasteiger partial charge in [-0.3, -0.25) is 9.59 Å². The second-order valence-electron chi connectivity index (χ2n) is 5.11. The average molecular weight is 303 g/mol. The van der Waals surface area contributed by atoms with Gasteiger partial charge in [0.1, 0.15) is 10.9 Å². The molecule has 1 fully saturated rings. The maximum atomic E-state index is 12.7. The Kier molecular flexibility index (Phi) is 3.55. The molecule has 21 heavy (non-hydrogen) atoms. The maximum Gasteiger partial charge on any atom is 0.266 e. The Hall–Kier alpha value is -2.08. The molecule has 3 rings (SSSR count). The van der Waals surface area contributed by atoms with E-state index in [-0.39, 0.29) is 17.9 Å². The lowest BCUT2D eigenvalue weighted by Crippen LogP contribution is -2.44. The van der Waals surface area contributed by atoms with Crippen molar-refractivity contribution in [1.29, 1.82) is 0 Å². The molecule has 0 bridgehead atoms. The summed E-state index contributed by atoms with van der Waals surface area (Å²) in [6.07, 6.45) is 1.55. The topological polar surface area (TPSA) is 75.4 Å². The number of amides is 2. The van der Waals surface area contributed by atoms with Crippen LogP contribution in [0.4, 0.5) is 5.69 Å².